The Hall–Kier alpha value is -0.445. The van der Waals surface area contributed by atoms with Crippen molar-refractivity contribution in [2.45, 2.75) is 0 Å². The Bertz CT molecular complexity index is 237. The van der Waals surface area contributed by atoms with Crippen LogP contribution in [0.5, 0.6) is 0 Å². The molecule has 0 amide bonds. The van der Waals surface area contributed by atoms with Gasteiger partial charge in [0.25, 0.3) is 0 Å². The molecule has 0 saturated heterocycles. The van der Waals surface area contributed by atoms with Crippen LogP contribution in [0.1, 0.15) is 0 Å². The predicted molar refractivity (Wildman–Crippen MR) is 37.9 cm³/mol. The molecule has 0 aliphatic heterocycles. The van der Waals surface area contributed by atoms with Gasteiger partial charge in [-0.1, -0.05) is 0 Å². The molecule has 0 aliphatic carbocycles. The summed E-state index contributed by atoms with van der Waals surface area (Å²) in [5.74, 6) is 0. The third-order valence-electron chi connectivity index (χ3n) is 1.43. The van der Waals surface area contributed by atoms with Crippen LogP contribution >= 0.6 is 0 Å². The van der Waals surface area contributed by atoms with Gasteiger partial charge in [-0.15, -0.1) is 0 Å². The summed E-state index contributed by atoms with van der Waals surface area (Å²) in [5.41, 5.74) is 0. The van der Waals surface area contributed by atoms with E-state index in [-0.39, 0.29) is 8.98 Å². The number of hydrogen-bond acceptors (Lipinski definition) is 2. The van der Waals surface area contributed by atoms with Crippen molar-refractivity contribution < 1.29 is 29.5 Å². The standard InChI is InChI=1S/C6H5.CH2NO2.Hg/c1-2-4-6-5-3-1;1-2(3)4;/h1-5H;1H2;. The third kappa shape index (κ3) is 3.46. The Morgan fingerprint density at radius 3 is 2.55 bits per heavy atom. The molecule has 1 rings (SSSR count). The van der Waals surface area contributed by atoms with E-state index in [9.17, 15) is 10.1 Å². The Kier molecular flexibility index (Phi) is 3.49. The second-order valence-electron chi connectivity index (χ2n) is 2.29. The topological polar surface area (TPSA) is 43.1 Å². The fraction of sp³-hybridized carbons (Fsp3) is 0.143. The molecule has 0 unspecified atom stereocenters. The quantitative estimate of drug-likeness (QED) is 0.461. The summed E-state index contributed by atoms with van der Waals surface area (Å²) in [4.78, 5) is 9.83. The number of nitrogens with zero attached hydrogens (tertiary/aromatic N) is 1. The molecule has 0 radical (unpaired) electrons. The summed E-state index contributed by atoms with van der Waals surface area (Å²) in [5, 5.41) is 10.0. The Morgan fingerprint density at radius 1 is 1.36 bits per heavy atom. The molecule has 3 nitrogen and oxygen atoms in total. The summed E-state index contributed by atoms with van der Waals surface area (Å²) in [7, 11) is 0. The fourth-order valence-electron chi connectivity index (χ4n) is 0.865. The summed E-state index contributed by atoms with van der Waals surface area (Å²) >= 11 is -1.37. The minimum atomic E-state index is -1.37. The Labute approximate surface area is 77.0 Å². The monoisotopic (exact) mass is 339 g/mol. The van der Waals surface area contributed by atoms with Gasteiger partial charge in [0, 0.05) is 0 Å². The van der Waals surface area contributed by atoms with E-state index in [0.717, 1.165) is 0 Å². The maximum atomic E-state index is 10.0. The molecular formula is C7H7HgNO2. The van der Waals surface area contributed by atoms with Crippen molar-refractivity contribution in [3.05, 3.63) is 40.4 Å². The molecule has 0 atom stereocenters. The maximum absolute atomic E-state index is 10.0. The normalized spacial score (nSPS) is 8.73. The fourth-order valence-corrected chi connectivity index (χ4v) is 4.93. The first kappa shape index (κ1) is 8.65. The molecule has 1 aromatic carbocycles. The van der Waals surface area contributed by atoms with E-state index in [1.54, 1.807) is 0 Å². The Balaban J connectivity index is 2.45. The molecule has 54 valence electrons. The van der Waals surface area contributed by atoms with E-state index in [1.807, 2.05) is 30.3 Å². The molecule has 1 aromatic rings. The molecule has 11 heavy (non-hydrogen) atoms. The van der Waals surface area contributed by atoms with Gasteiger partial charge >= 0.3 is 77.1 Å². The second kappa shape index (κ2) is 4.44. The molecule has 0 aliphatic rings. The van der Waals surface area contributed by atoms with Crippen LogP contribution in [-0.4, -0.2) is 8.98 Å². The van der Waals surface area contributed by atoms with Crippen LogP contribution in [0.2, 0.25) is 0 Å². The van der Waals surface area contributed by atoms with Crippen LogP contribution in [-0.2, 0) is 24.6 Å². The van der Waals surface area contributed by atoms with Crippen LogP contribution in [0.15, 0.2) is 30.3 Å². The molecule has 0 bridgehead atoms. The molecule has 0 fully saturated rings. The van der Waals surface area contributed by atoms with Crippen LogP contribution in [0, 0.1) is 10.1 Å². The van der Waals surface area contributed by atoms with Crippen molar-refractivity contribution in [1.82, 2.24) is 0 Å². The molecule has 0 spiro atoms. The summed E-state index contributed by atoms with van der Waals surface area (Å²) in [6, 6.07) is 9.80. The first-order chi connectivity index (χ1) is 5.29. The van der Waals surface area contributed by atoms with Crippen molar-refractivity contribution in [2.24, 2.45) is 0 Å². The SMILES string of the molecule is O=[N+]([O-])[CH2][Hg][c]1ccccc1. The number of hydrogen-bond donors (Lipinski definition) is 0. The molecule has 4 heteroatoms. The van der Waals surface area contributed by atoms with Crippen molar-refractivity contribution in [1.29, 1.82) is 0 Å². The van der Waals surface area contributed by atoms with Gasteiger partial charge in [0.15, 0.2) is 0 Å². The van der Waals surface area contributed by atoms with E-state index in [2.05, 4.69) is 0 Å². The van der Waals surface area contributed by atoms with E-state index in [0.29, 0.717) is 0 Å². The van der Waals surface area contributed by atoms with Gasteiger partial charge in [-0.05, 0) is 0 Å². The van der Waals surface area contributed by atoms with Crippen LogP contribution in [0.25, 0.3) is 0 Å². The van der Waals surface area contributed by atoms with Gasteiger partial charge in [0.2, 0.25) is 0 Å². The summed E-state index contributed by atoms with van der Waals surface area (Å²) in [6.45, 7) is 0. The summed E-state index contributed by atoms with van der Waals surface area (Å²) in [6.07, 6.45) is 0. The van der Waals surface area contributed by atoms with E-state index >= 15 is 0 Å². The number of rotatable bonds is 3. The van der Waals surface area contributed by atoms with E-state index < -0.39 is 24.6 Å². The molecular weight excluding hydrogens is 331 g/mol. The first-order valence-electron chi connectivity index (χ1n) is 3.45. The first-order valence-corrected chi connectivity index (χ1v) is 10.1. The molecule has 0 saturated carbocycles. The molecule has 0 N–H and O–H groups in total. The third-order valence-corrected chi connectivity index (χ3v) is 7.79. The zero-order chi connectivity index (χ0) is 8.10. The van der Waals surface area contributed by atoms with Gasteiger partial charge < -0.3 is 0 Å². The second-order valence-corrected chi connectivity index (χ2v) is 9.15. The van der Waals surface area contributed by atoms with Crippen molar-refractivity contribution in [3.63, 3.8) is 0 Å². The molecule has 0 heterocycles. The zero-order valence-corrected chi connectivity index (χ0v) is 11.6. The average molecular weight is 338 g/mol. The minimum absolute atomic E-state index is 0.200. The van der Waals surface area contributed by atoms with Crippen LogP contribution < -0.4 is 3.07 Å². The van der Waals surface area contributed by atoms with Gasteiger partial charge in [-0.25, -0.2) is 0 Å². The van der Waals surface area contributed by atoms with Crippen LogP contribution in [0.3, 0.4) is 0 Å². The van der Waals surface area contributed by atoms with Gasteiger partial charge in [0.1, 0.15) is 0 Å². The summed E-state index contributed by atoms with van der Waals surface area (Å²) < 4.78 is 1.48. The number of benzene rings is 1. The predicted octanol–water partition coefficient (Wildman–Crippen LogP) is 0.629. The van der Waals surface area contributed by atoms with Crippen molar-refractivity contribution in [3.8, 4) is 0 Å². The van der Waals surface area contributed by atoms with E-state index in [4.69, 9.17) is 0 Å². The molecule has 0 aromatic heterocycles. The van der Waals surface area contributed by atoms with Crippen molar-refractivity contribution >= 4 is 3.07 Å². The van der Waals surface area contributed by atoms with Crippen LogP contribution in [0.4, 0.5) is 0 Å². The number of nitro groups is 1. The van der Waals surface area contributed by atoms with Gasteiger partial charge in [-0.3, -0.25) is 0 Å². The van der Waals surface area contributed by atoms with Gasteiger partial charge in [0.05, 0.1) is 0 Å². The zero-order valence-electron chi connectivity index (χ0n) is 6.06. The van der Waals surface area contributed by atoms with Gasteiger partial charge in [-0.2, -0.15) is 0 Å². The average Bonchev–Trinajstić information content (AvgIpc) is 2.03. The van der Waals surface area contributed by atoms with E-state index in [1.165, 1.54) is 3.07 Å². The Morgan fingerprint density at radius 2 is 2.00 bits per heavy atom. The van der Waals surface area contributed by atoms with Crippen molar-refractivity contribution in [2.75, 3.05) is 4.05 Å².